The van der Waals surface area contributed by atoms with Crippen LogP contribution in [0.4, 0.5) is 0 Å². The van der Waals surface area contributed by atoms with Gasteiger partial charge in [-0.15, -0.1) is 0 Å². The van der Waals surface area contributed by atoms with Gasteiger partial charge in [-0.2, -0.15) is 0 Å². The highest BCUT2D eigenvalue weighted by atomic mass is 16.5. The van der Waals surface area contributed by atoms with Crippen LogP contribution in [0, 0.1) is 5.41 Å². The van der Waals surface area contributed by atoms with Crippen molar-refractivity contribution in [3.8, 4) is 0 Å². The highest BCUT2D eigenvalue weighted by Gasteiger charge is 2.09. The zero-order valence-corrected chi connectivity index (χ0v) is 16.2. The molecule has 1 nitrogen and oxygen atoms in total. The van der Waals surface area contributed by atoms with Gasteiger partial charge in [-0.3, -0.25) is 0 Å². The maximum Gasteiger partial charge on any atom is 0.0514 e. The molecule has 0 saturated heterocycles. The van der Waals surface area contributed by atoms with E-state index in [1.807, 2.05) is 0 Å². The Bertz CT molecular complexity index is 204. The van der Waals surface area contributed by atoms with E-state index in [0.29, 0.717) is 5.41 Å². The summed E-state index contributed by atoms with van der Waals surface area (Å²) >= 11 is 0. The Morgan fingerprint density at radius 1 is 0.545 bits per heavy atom. The molecule has 0 spiro atoms. The van der Waals surface area contributed by atoms with Crippen molar-refractivity contribution in [3.63, 3.8) is 0 Å². The van der Waals surface area contributed by atoms with Crippen molar-refractivity contribution in [2.45, 2.75) is 118 Å². The Labute approximate surface area is 141 Å². The molecule has 0 saturated carbocycles. The summed E-state index contributed by atoms with van der Waals surface area (Å²) < 4.78 is 5.71. The molecule has 0 aromatic heterocycles. The van der Waals surface area contributed by atoms with Crippen LogP contribution in [-0.2, 0) is 4.74 Å². The molecule has 0 N–H and O–H groups in total. The Morgan fingerprint density at radius 3 is 1.27 bits per heavy atom. The fourth-order valence-corrected chi connectivity index (χ4v) is 2.78. The predicted molar refractivity (Wildman–Crippen MR) is 101 cm³/mol. The molecule has 0 aromatic carbocycles. The van der Waals surface area contributed by atoms with Gasteiger partial charge in [-0.1, -0.05) is 111 Å². The first-order valence-electron chi connectivity index (χ1n) is 10.1. The average Bonchev–Trinajstić information content (AvgIpc) is 2.45. The predicted octanol–water partition coefficient (Wildman–Crippen LogP) is 7.53. The summed E-state index contributed by atoms with van der Waals surface area (Å²) in [6, 6.07) is 0. The third-order valence-electron chi connectivity index (χ3n) is 4.18. The molecule has 0 fully saturated rings. The lowest BCUT2D eigenvalue weighted by atomic mass is 9.99. The van der Waals surface area contributed by atoms with Gasteiger partial charge in [0.25, 0.3) is 0 Å². The molecule has 0 aliphatic rings. The summed E-state index contributed by atoms with van der Waals surface area (Å²) in [4.78, 5) is 0. The first kappa shape index (κ1) is 22.0. The first-order chi connectivity index (χ1) is 10.6. The highest BCUT2D eigenvalue weighted by Crippen LogP contribution is 2.14. The number of ether oxygens (including phenoxy) is 1. The summed E-state index contributed by atoms with van der Waals surface area (Å²) in [7, 11) is 0. The highest BCUT2D eigenvalue weighted by molar-refractivity contribution is 4.58. The number of rotatable bonds is 16. The minimum absolute atomic E-state index is 0.315. The van der Waals surface area contributed by atoms with E-state index in [1.165, 1.54) is 89.9 Å². The molecule has 134 valence electrons. The maximum atomic E-state index is 5.71. The number of hydrogen-bond acceptors (Lipinski definition) is 1. The van der Waals surface area contributed by atoms with Crippen molar-refractivity contribution in [1.82, 2.24) is 0 Å². The Hall–Kier alpha value is -0.0400. The number of hydrogen-bond donors (Lipinski definition) is 0. The van der Waals surface area contributed by atoms with Gasteiger partial charge in [0, 0.05) is 6.61 Å². The van der Waals surface area contributed by atoms with Gasteiger partial charge in [0.05, 0.1) is 6.61 Å². The van der Waals surface area contributed by atoms with Gasteiger partial charge in [-0.05, 0) is 11.8 Å². The second-order valence-electron chi connectivity index (χ2n) is 8.21. The third kappa shape index (κ3) is 20.0. The fourth-order valence-electron chi connectivity index (χ4n) is 2.78. The van der Waals surface area contributed by atoms with Crippen molar-refractivity contribution in [2.24, 2.45) is 5.41 Å². The summed E-state index contributed by atoms with van der Waals surface area (Å²) in [5.41, 5.74) is 0.315. The van der Waals surface area contributed by atoms with Crippen LogP contribution >= 0.6 is 0 Å². The van der Waals surface area contributed by atoms with Crippen LogP contribution in [-0.4, -0.2) is 13.2 Å². The molecule has 0 atom stereocenters. The van der Waals surface area contributed by atoms with Crippen LogP contribution in [0.1, 0.15) is 118 Å². The van der Waals surface area contributed by atoms with E-state index in [9.17, 15) is 0 Å². The van der Waals surface area contributed by atoms with E-state index < -0.39 is 0 Å². The Morgan fingerprint density at radius 2 is 0.909 bits per heavy atom. The van der Waals surface area contributed by atoms with Crippen molar-refractivity contribution >= 4 is 0 Å². The van der Waals surface area contributed by atoms with E-state index in [1.54, 1.807) is 0 Å². The number of unbranched alkanes of at least 4 members (excludes halogenated alkanes) is 13. The molecule has 0 radical (unpaired) electrons. The summed E-state index contributed by atoms with van der Waals surface area (Å²) in [6.07, 6.45) is 19.9. The molecule has 0 amide bonds. The normalized spacial score (nSPS) is 12.0. The molecule has 0 heterocycles. The first-order valence-corrected chi connectivity index (χ1v) is 10.1. The Kier molecular flexibility index (Phi) is 15.8. The second-order valence-corrected chi connectivity index (χ2v) is 8.21. The lowest BCUT2D eigenvalue weighted by molar-refractivity contribution is 0.0686. The van der Waals surface area contributed by atoms with Crippen LogP contribution in [0.15, 0.2) is 0 Å². The van der Waals surface area contributed by atoms with Gasteiger partial charge in [0.2, 0.25) is 0 Å². The van der Waals surface area contributed by atoms with E-state index in [2.05, 4.69) is 27.7 Å². The van der Waals surface area contributed by atoms with Crippen LogP contribution in [0.5, 0.6) is 0 Å². The van der Waals surface area contributed by atoms with Gasteiger partial charge in [0.1, 0.15) is 0 Å². The molecule has 0 unspecified atom stereocenters. The van der Waals surface area contributed by atoms with Gasteiger partial charge >= 0.3 is 0 Å². The zero-order chi connectivity index (χ0) is 16.5. The molecule has 22 heavy (non-hydrogen) atoms. The summed E-state index contributed by atoms with van der Waals surface area (Å²) in [6.45, 7) is 10.8. The molecule has 0 bridgehead atoms. The Balaban J connectivity index is 3.00. The third-order valence-corrected chi connectivity index (χ3v) is 4.18. The quantitative estimate of drug-likeness (QED) is 0.268. The minimum Gasteiger partial charge on any atom is -0.381 e. The zero-order valence-electron chi connectivity index (χ0n) is 16.2. The molecular weight excluding hydrogens is 268 g/mol. The summed E-state index contributed by atoms with van der Waals surface area (Å²) in [5, 5.41) is 0. The van der Waals surface area contributed by atoms with Crippen molar-refractivity contribution < 1.29 is 4.74 Å². The van der Waals surface area contributed by atoms with E-state index in [4.69, 9.17) is 4.74 Å². The van der Waals surface area contributed by atoms with Crippen molar-refractivity contribution in [3.05, 3.63) is 0 Å². The van der Waals surface area contributed by atoms with Gasteiger partial charge in [-0.25, -0.2) is 0 Å². The van der Waals surface area contributed by atoms with Crippen molar-refractivity contribution in [2.75, 3.05) is 13.2 Å². The van der Waals surface area contributed by atoms with Crippen LogP contribution in [0.25, 0.3) is 0 Å². The van der Waals surface area contributed by atoms with Gasteiger partial charge < -0.3 is 4.74 Å². The minimum atomic E-state index is 0.315. The van der Waals surface area contributed by atoms with E-state index in [-0.39, 0.29) is 0 Å². The van der Waals surface area contributed by atoms with E-state index in [0.717, 1.165) is 13.2 Å². The van der Waals surface area contributed by atoms with Gasteiger partial charge in [0.15, 0.2) is 0 Å². The molecule has 0 rings (SSSR count). The molecule has 0 aliphatic heterocycles. The van der Waals surface area contributed by atoms with E-state index >= 15 is 0 Å². The summed E-state index contributed by atoms with van der Waals surface area (Å²) in [5.74, 6) is 0. The molecular formula is C21H44O. The monoisotopic (exact) mass is 312 g/mol. The van der Waals surface area contributed by atoms with Crippen LogP contribution in [0.2, 0.25) is 0 Å². The standard InChI is InChI=1S/C21H44O/c1-5-6-7-8-9-10-11-12-13-14-15-16-17-18-19-22-20-21(2,3)4/h5-20H2,1-4H3. The smallest absolute Gasteiger partial charge is 0.0514 e. The average molecular weight is 313 g/mol. The SMILES string of the molecule is CCCCCCCCCCCCCCCCOCC(C)(C)C. The largest absolute Gasteiger partial charge is 0.381 e. The fraction of sp³-hybridized carbons (Fsp3) is 1.00. The maximum absolute atomic E-state index is 5.71. The van der Waals surface area contributed by atoms with Crippen LogP contribution < -0.4 is 0 Å². The van der Waals surface area contributed by atoms with Crippen LogP contribution in [0.3, 0.4) is 0 Å². The lowest BCUT2D eigenvalue weighted by Gasteiger charge is -2.17. The second kappa shape index (κ2) is 15.8. The molecule has 0 aromatic rings. The molecule has 1 heteroatoms. The van der Waals surface area contributed by atoms with Crippen molar-refractivity contribution in [1.29, 1.82) is 0 Å². The lowest BCUT2D eigenvalue weighted by Crippen LogP contribution is -2.14. The topological polar surface area (TPSA) is 9.23 Å². The molecule has 0 aliphatic carbocycles.